The van der Waals surface area contributed by atoms with Crippen molar-refractivity contribution < 1.29 is 14.3 Å². The number of hydrogen-bond acceptors (Lipinski definition) is 4. The van der Waals surface area contributed by atoms with Gasteiger partial charge >= 0.3 is 5.97 Å². The average Bonchev–Trinajstić information content (AvgIpc) is 3.03. The van der Waals surface area contributed by atoms with Gasteiger partial charge in [-0.15, -0.1) is 11.3 Å². The van der Waals surface area contributed by atoms with Crippen molar-refractivity contribution in [1.82, 2.24) is 5.32 Å². The van der Waals surface area contributed by atoms with Gasteiger partial charge in [0, 0.05) is 4.88 Å². The lowest BCUT2D eigenvalue weighted by molar-refractivity contribution is -0.148. The number of nitrogens with one attached hydrogen (secondary N) is 1. The number of benzene rings is 1. The van der Waals surface area contributed by atoms with E-state index < -0.39 is 5.97 Å². The summed E-state index contributed by atoms with van der Waals surface area (Å²) in [4.78, 5) is 24.6. The molecule has 0 bridgehead atoms. The molecular formula is C16H15Cl2NO3S. The number of carbonyl (C=O) groups excluding carboxylic acids is 2. The summed E-state index contributed by atoms with van der Waals surface area (Å²) < 4.78 is 4.97. The van der Waals surface area contributed by atoms with E-state index in [9.17, 15) is 9.59 Å². The number of carbonyl (C=O) groups is 2. The second-order valence-corrected chi connectivity index (χ2v) is 6.68. The Bertz CT molecular complexity index is 689. The van der Waals surface area contributed by atoms with Gasteiger partial charge in [-0.1, -0.05) is 35.3 Å². The topological polar surface area (TPSA) is 55.4 Å². The zero-order chi connectivity index (χ0) is 16.8. The molecule has 23 heavy (non-hydrogen) atoms. The zero-order valence-electron chi connectivity index (χ0n) is 12.3. The van der Waals surface area contributed by atoms with Crippen molar-refractivity contribution >= 4 is 46.4 Å². The number of rotatable bonds is 6. The molecule has 0 unspecified atom stereocenters. The number of halogens is 2. The number of ether oxygens (including phenoxy) is 1. The van der Waals surface area contributed by atoms with E-state index in [0.29, 0.717) is 15.6 Å². The van der Waals surface area contributed by atoms with Crippen molar-refractivity contribution in [3.05, 3.63) is 56.2 Å². The molecule has 0 saturated heterocycles. The van der Waals surface area contributed by atoms with Crippen molar-refractivity contribution in [2.45, 2.75) is 19.4 Å². The summed E-state index contributed by atoms with van der Waals surface area (Å²) in [6.45, 7) is 1.57. The van der Waals surface area contributed by atoms with E-state index in [4.69, 9.17) is 27.9 Å². The van der Waals surface area contributed by atoms with Gasteiger partial charge in [0.25, 0.3) is 5.91 Å². The molecule has 1 amide bonds. The van der Waals surface area contributed by atoms with Crippen molar-refractivity contribution in [3.63, 3.8) is 0 Å². The number of esters is 1. The second kappa shape index (κ2) is 8.34. The van der Waals surface area contributed by atoms with E-state index in [1.165, 1.54) is 0 Å². The van der Waals surface area contributed by atoms with E-state index in [0.717, 1.165) is 4.88 Å². The lowest BCUT2D eigenvalue weighted by Crippen LogP contribution is -2.31. The zero-order valence-corrected chi connectivity index (χ0v) is 14.7. The van der Waals surface area contributed by atoms with E-state index >= 15 is 0 Å². The van der Waals surface area contributed by atoms with Gasteiger partial charge in [0.05, 0.1) is 22.5 Å². The first-order valence-electron chi connectivity index (χ1n) is 6.88. The third-order valence-electron chi connectivity index (χ3n) is 3.04. The van der Waals surface area contributed by atoms with Crippen LogP contribution in [0.2, 0.25) is 10.0 Å². The van der Waals surface area contributed by atoms with Crippen LogP contribution in [0, 0.1) is 0 Å². The minimum absolute atomic E-state index is 0.0324. The summed E-state index contributed by atoms with van der Waals surface area (Å²) in [5.74, 6) is -0.837. The molecule has 2 rings (SSSR count). The highest BCUT2D eigenvalue weighted by Gasteiger charge is 2.13. The Balaban J connectivity index is 1.77. The first kappa shape index (κ1) is 17.8. The second-order valence-electron chi connectivity index (χ2n) is 4.89. The Morgan fingerprint density at radius 3 is 2.70 bits per heavy atom. The van der Waals surface area contributed by atoms with Crippen LogP contribution in [-0.4, -0.2) is 18.5 Å². The van der Waals surface area contributed by atoms with Gasteiger partial charge in [0.2, 0.25) is 0 Å². The predicted molar refractivity (Wildman–Crippen MR) is 92.0 cm³/mol. The van der Waals surface area contributed by atoms with Gasteiger partial charge in [0.15, 0.2) is 6.61 Å². The summed E-state index contributed by atoms with van der Waals surface area (Å²) in [7, 11) is 0. The lowest BCUT2D eigenvalue weighted by Gasteiger charge is -2.12. The summed E-state index contributed by atoms with van der Waals surface area (Å²) >= 11 is 13.3. The minimum atomic E-state index is -0.498. The molecule has 4 nitrogen and oxygen atoms in total. The summed E-state index contributed by atoms with van der Waals surface area (Å²) in [5, 5.41) is 5.51. The van der Waals surface area contributed by atoms with Crippen LogP contribution in [0.15, 0.2) is 35.7 Å². The third-order valence-corrected chi connectivity index (χ3v) is 4.84. The standard InChI is InChI=1S/C16H15Cl2NO3S/c1-10(14-3-2-6-23-14)19-15(20)9-22-16(21)8-11-4-5-12(17)13(18)7-11/h2-7,10H,8-9H2,1H3,(H,19,20)/t10-/m0/s1. The highest BCUT2D eigenvalue weighted by Crippen LogP contribution is 2.23. The fourth-order valence-corrected chi connectivity index (χ4v) is 2.96. The molecule has 122 valence electrons. The van der Waals surface area contributed by atoms with Crippen molar-refractivity contribution in [3.8, 4) is 0 Å². The van der Waals surface area contributed by atoms with Gasteiger partial charge in [-0.2, -0.15) is 0 Å². The maximum Gasteiger partial charge on any atom is 0.310 e. The fraction of sp³-hybridized carbons (Fsp3) is 0.250. The maximum atomic E-state index is 11.8. The van der Waals surface area contributed by atoms with Gasteiger partial charge in [-0.05, 0) is 36.1 Å². The molecule has 0 aliphatic carbocycles. The molecule has 1 aromatic carbocycles. The molecule has 0 radical (unpaired) electrons. The minimum Gasteiger partial charge on any atom is -0.455 e. The van der Waals surface area contributed by atoms with Gasteiger partial charge in [-0.25, -0.2) is 0 Å². The lowest BCUT2D eigenvalue weighted by atomic mass is 10.1. The molecule has 0 aliphatic heterocycles. The molecule has 7 heteroatoms. The van der Waals surface area contributed by atoms with Crippen LogP contribution in [0.5, 0.6) is 0 Å². The van der Waals surface area contributed by atoms with E-state index in [1.54, 1.807) is 29.5 Å². The molecular weight excluding hydrogens is 357 g/mol. The smallest absolute Gasteiger partial charge is 0.310 e. The molecule has 1 heterocycles. The Hall–Kier alpha value is -1.56. The van der Waals surface area contributed by atoms with Crippen LogP contribution >= 0.6 is 34.5 Å². The Kier molecular flexibility index (Phi) is 6.45. The van der Waals surface area contributed by atoms with Crippen molar-refractivity contribution in [2.24, 2.45) is 0 Å². The average molecular weight is 372 g/mol. The quantitative estimate of drug-likeness (QED) is 0.780. The van der Waals surface area contributed by atoms with Crippen LogP contribution in [0.4, 0.5) is 0 Å². The van der Waals surface area contributed by atoms with E-state index in [2.05, 4.69) is 5.32 Å². The molecule has 0 saturated carbocycles. The summed E-state index contributed by atoms with van der Waals surface area (Å²) in [6, 6.07) is 8.64. The Morgan fingerprint density at radius 1 is 1.26 bits per heavy atom. The molecule has 0 fully saturated rings. The normalized spacial score (nSPS) is 11.8. The van der Waals surface area contributed by atoms with E-state index in [1.807, 2.05) is 24.4 Å². The number of thiophene rings is 1. The SMILES string of the molecule is C[C@H](NC(=O)COC(=O)Cc1ccc(Cl)c(Cl)c1)c1cccs1. The molecule has 2 aromatic rings. The Labute approximate surface area is 148 Å². The summed E-state index contributed by atoms with van der Waals surface area (Å²) in [6.07, 6.45) is 0.0324. The predicted octanol–water partition coefficient (Wildman–Crippen LogP) is 4.02. The largest absolute Gasteiger partial charge is 0.455 e. The van der Waals surface area contributed by atoms with Crippen LogP contribution < -0.4 is 5.32 Å². The Morgan fingerprint density at radius 2 is 2.04 bits per heavy atom. The third kappa shape index (κ3) is 5.53. The molecule has 1 N–H and O–H groups in total. The number of hydrogen-bond donors (Lipinski definition) is 1. The van der Waals surface area contributed by atoms with Crippen LogP contribution in [0.3, 0.4) is 0 Å². The van der Waals surface area contributed by atoms with E-state index in [-0.39, 0.29) is 25.0 Å². The van der Waals surface area contributed by atoms with Crippen LogP contribution in [0.1, 0.15) is 23.4 Å². The molecule has 0 aliphatic rings. The highest BCUT2D eigenvalue weighted by molar-refractivity contribution is 7.10. The molecule has 0 spiro atoms. The van der Waals surface area contributed by atoms with Crippen molar-refractivity contribution in [1.29, 1.82) is 0 Å². The first-order valence-corrected chi connectivity index (χ1v) is 8.51. The number of amides is 1. The molecule has 1 atom stereocenters. The van der Waals surface area contributed by atoms with Gasteiger partial charge in [0.1, 0.15) is 0 Å². The van der Waals surface area contributed by atoms with Gasteiger partial charge < -0.3 is 10.1 Å². The summed E-state index contributed by atoms with van der Waals surface area (Å²) in [5.41, 5.74) is 0.678. The maximum absolute atomic E-state index is 11.8. The highest BCUT2D eigenvalue weighted by atomic mass is 35.5. The van der Waals surface area contributed by atoms with Crippen molar-refractivity contribution in [2.75, 3.05) is 6.61 Å². The van der Waals surface area contributed by atoms with Gasteiger partial charge in [-0.3, -0.25) is 9.59 Å². The molecule has 1 aromatic heterocycles. The fourth-order valence-electron chi connectivity index (χ4n) is 1.91. The van der Waals surface area contributed by atoms with Crippen LogP contribution in [0.25, 0.3) is 0 Å². The monoisotopic (exact) mass is 371 g/mol. The first-order chi connectivity index (χ1) is 11.0. The van der Waals surface area contributed by atoms with Crippen LogP contribution in [-0.2, 0) is 20.7 Å².